The van der Waals surface area contributed by atoms with Crippen molar-refractivity contribution in [2.75, 3.05) is 19.5 Å². The van der Waals surface area contributed by atoms with Gasteiger partial charge in [-0.05, 0) is 6.07 Å². The van der Waals surface area contributed by atoms with Crippen LogP contribution in [-0.2, 0) is 36.3 Å². The Morgan fingerprint density at radius 1 is 1.24 bits per heavy atom. The van der Waals surface area contributed by atoms with Crippen molar-refractivity contribution in [3.8, 4) is 0 Å². The minimum absolute atomic E-state index is 0.00301. The van der Waals surface area contributed by atoms with Crippen LogP contribution in [0, 0.1) is 0 Å². The number of nitrogens with two attached hydrogens (primary N) is 1. The predicted molar refractivity (Wildman–Crippen MR) is 92.1 cm³/mol. The SMILES string of the molecule is COC1C[C@H](n2ccc(N)nc2=O)O[C@@H]1COP(=O)(O)OP(=O)(O)OP(=O)(O)O. The molecule has 2 heterocycles. The standard InChI is InChI=1S/C10H18N3O13P3/c1-22-6-4-9(13-3-2-8(11)12-10(13)14)24-7(6)5-23-28(18,19)26-29(20,21)25-27(15,16)17/h2-3,6-7,9H,4-5H2,1H3,(H,18,19)(H,20,21)(H2,11,12,14)(H2,15,16,17)/t6?,7-,9-/m1/s1. The summed E-state index contributed by atoms with van der Waals surface area (Å²) in [5.41, 5.74) is 4.70. The third-order valence-electron chi connectivity index (χ3n) is 3.46. The van der Waals surface area contributed by atoms with Crippen molar-refractivity contribution in [2.45, 2.75) is 24.9 Å². The average Bonchev–Trinajstić information content (AvgIpc) is 2.92. The zero-order valence-corrected chi connectivity index (χ0v) is 17.3. The second-order valence-electron chi connectivity index (χ2n) is 5.57. The summed E-state index contributed by atoms with van der Waals surface area (Å²) in [4.78, 5) is 51.0. The molecule has 0 bridgehead atoms. The van der Waals surface area contributed by atoms with Crippen molar-refractivity contribution in [1.82, 2.24) is 9.55 Å². The molecule has 1 aromatic rings. The van der Waals surface area contributed by atoms with Crippen molar-refractivity contribution in [3.63, 3.8) is 0 Å². The molecule has 0 amide bonds. The van der Waals surface area contributed by atoms with E-state index < -0.39 is 54.2 Å². The molecule has 0 aliphatic carbocycles. The number of aromatic nitrogens is 2. The molecule has 1 aliphatic rings. The smallest absolute Gasteiger partial charge is 0.383 e. The van der Waals surface area contributed by atoms with Crippen LogP contribution in [0.15, 0.2) is 17.1 Å². The lowest BCUT2D eigenvalue weighted by atomic mass is 10.2. The van der Waals surface area contributed by atoms with Crippen LogP contribution < -0.4 is 11.4 Å². The van der Waals surface area contributed by atoms with Crippen molar-refractivity contribution >= 4 is 29.3 Å². The van der Waals surface area contributed by atoms with Crippen molar-refractivity contribution in [3.05, 3.63) is 22.7 Å². The van der Waals surface area contributed by atoms with E-state index in [2.05, 4.69) is 18.1 Å². The lowest BCUT2D eigenvalue weighted by molar-refractivity contribution is -0.0524. The summed E-state index contributed by atoms with van der Waals surface area (Å²) in [6.07, 6.45) is -1.19. The van der Waals surface area contributed by atoms with E-state index in [-0.39, 0.29) is 12.2 Å². The molecule has 2 rings (SSSR count). The van der Waals surface area contributed by atoms with Crippen LogP contribution in [0.1, 0.15) is 12.6 Å². The first-order chi connectivity index (χ1) is 13.2. The lowest BCUT2D eigenvalue weighted by Crippen LogP contribution is -2.28. The van der Waals surface area contributed by atoms with Crippen LogP contribution in [0.3, 0.4) is 0 Å². The van der Waals surface area contributed by atoms with E-state index in [1.54, 1.807) is 0 Å². The molecule has 0 radical (unpaired) electrons. The number of methoxy groups -OCH3 is 1. The maximum Gasteiger partial charge on any atom is 0.490 e. The number of nitrogens with zero attached hydrogens (tertiary/aromatic N) is 2. The van der Waals surface area contributed by atoms with E-state index in [1.807, 2.05) is 0 Å². The highest BCUT2D eigenvalue weighted by atomic mass is 31.3. The van der Waals surface area contributed by atoms with Gasteiger partial charge in [-0.1, -0.05) is 0 Å². The fourth-order valence-corrected chi connectivity index (χ4v) is 5.42. The number of hydrogen-bond donors (Lipinski definition) is 5. The minimum atomic E-state index is -5.63. The molecule has 0 spiro atoms. The topological polar surface area (TPSA) is 239 Å². The summed E-state index contributed by atoms with van der Waals surface area (Å²) in [7, 11) is -15.1. The van der Waals surface area contributed by atoms with Crippen LogP contribution in [0.5, 0.6) is 0 Å². The fourth-order valence-electron chi connectivity index (χ4n) is 2.39. The lowest BCUT2D eigenvalue weighted by Gasteiger charge is -2.20. The summed E-state index contributed by atoms with van der Waals surface area (Å²) >= 11 is 0. The Balaban J connectivity index is 2.03. The van der Waals surface area contributed by atoms with E-state index in [4.69, 9.17) is 29.9 Å². The van der Waals surface area contributed by atoms with Crippen LogP contribution >= 0.6 is 23.5 Å². The normalized spacial score (nSPS) is 26.7. The molecule has 3 unspecified atom stereocenters. The number of nitrogen functional groups attached to an aromatic ring is 1. The maximum absolute atomic E-state index is 11.9. The van der Waals surface area contributed by atoms with Crippen LogP contribution in [0.2, 0.25) is 0 Å². The van der Waals surface area contributed by atoms with Gasteiger partial charge in [-0.15, -0.1) is 0 Å². The van der Waals surface area contributed by atoms with Gasteiger partial charge in [0, 0.05) is 19.7 Å². The fraction of sp³-hybridized carbons (Fsp3) is 0.600. The molecule has 16 nitrogen and oxygen atoms in total. The molecular weight excluding hydrogens is 463 g/mol. The summed E-state index contributed by atoms with van der Waals surface area (Å²) in [6, 6.07) is 1.35. The molecule has 1 aromatic heterocycles. The summed E-state index contributed by atoms with van der Waals surface area (Å²) in [6.45, 7) is -0.712. The van der Waals surface area contributed by atoms with Crippen LogP contribution in [-0.4, -0.2) is 55.0 Å². The highest BCUT2D eigenvalue weighted by Crippen LogP contribution is 2.66. The van der Waals surface area contributed by atoms with E-state index in [0.29, 0.717) is 0 Å². The first kappa shape index (κ1) is 24.3. The average molecular weight is 481 g/mol. The van der Waals surface area contributed by atoms with E-state index in [1.165, 1.54) is 19.4 Å². The number of rotatable bonds is 9. The molecule has 29 heavy (non-hydrogen) atoms. The van der Waals surface area contributed by atoms with Gasteiger partial charge >= 0.3 is 29.2 Å². The molecule has 0 saturated carbocycles. The quantitative estimate of drug-likeness (QED) is 0.279. The van der Waals surface area contributed by atoms with Crippen molar-refractivity contribution < 1.29 is 55.9 Å². The van der Waals surface area contributed by atoms with Crippen molar-refractivity contribution in [1.29, 1.82) is 0 Å². The van der Waals surface area contributed by atoms with E-state index in [9.17, 15) is 23.4 Å². The number of hydrogen-bond acceptors (Lipinski definition) is 11. The molecule has 1 fully saturated rings. The van der Waals surface area contributed by atoms with Gasteiger partial charge < -0.3 is 34.8 Å². The van der Waals surface area contributed by atoms with Crippen LogP contribution in [0.4, 0.5) is 5.82 Å². The molecule has 5 atom stereocenters. The molecule has 1 saturated heterocycles. The van der Waals surface area contributed by atoms with Gasteiger partial charge in [0.2, 0.25) is 0 Å². The Morgan fingerprint density at radius 3 is 2.45 bits per heavy atom. The van der Waals surface area contributed by atoms with Gasteiger partial charge in [0.15, 0.2) is 0 Å². The highest BCUT2D eigenvalue weighted by molar-refractivity contribution is 7.66. The Kier molecular flexibility index (Phi) is 7.55. The van der Waals surface area contributed by atoms with Gasteiger partial charge in [-0.3, -0.25) is 9.09 Å². The second kappa shape index (κ2) is 9.02. The number of ether oxygens (including phenoxy) is 2. The van der Waals surface area contributed by atoms with Gasteiger partial charge in [0.1, 0.15) is 18.1 Å². The molecular formula is C10H18N3O13P3. The van der Waals surface area contributed by atoms with Crippen LogP contribution in [0.25, 0.3) is 0 Å². The summed E-state index contributed by atoms with van der Waals surface area (Å²) in [5.74, 6) is -0.00301. The third-order valence-corrected chi connectivity index (χ3v) is 7.27. The first-order valence-corrected chi connectivity index (χ1v) is 12.0. The molecule has 166 valence electrons. The van der Waals surface area contributed by atoms with Gasteiger partial charge in [-0.25, -0.2) is 18.5 Å². The monoisotopic (exact) mass is 481 g/mol. The Hall–Kier alpha value is -0.990. The number of phosphoric ester groups is 1. The summed E-state index contributed by atoms with van der Waals surface area (Å²) < 4.78 is 57.2. The largest absolute Gasteiger partial charge is 0.490 e. The molecule has 6 N–H and O–H groups in total. The Labute approximate surface area is 162 Å². The van der Waals surface area contributed by atoms with E-state index in [0.717, 1.165) is 4.57 Å². The zero-order valence-electron chi connectivity index (χ0n) is 14.6. The van der Waals surface area contributed by atoms with Gasteiger partial charge in [0.05, 0.1) is 12.7 Å². The minimum Gasteiger partial charge on any atom is -0.383 e. The Morgan fingerprint density at radius 2 is 1.90 bits per heavy atom. The molecule has 19 heteroatoms. The van der Waals surface area contributed by atoms with E-state index >= 15 is 0 Å². The summed E-state index contributed by atoms with van der Waals surface area (Å²) in [5, 5.41) is 0. The van der Waals surface area contributed by atoms with Gasteiger partial charge in [-0.2, -0.15) is 13.6 Å². The van der Waals surface area contributed by atoms with Crippen molar-refractivity contribution in [2.24, 2.45) is 0 Å². The maximum atomic E-state index is 11.9. The number of phosphoric acid groups is 3. The third kappa shape index (κ3) is 7.33. The number of anilines is 1. The Bertz CT molecular complexity index is 931. The molecule has 1 aliphatic heterocycles. The predicted octanol–water partition coefficient (Wildman–Crippen LogP) is -0.529. The second-order valence-corrected chi connectivity index (χ2v) is 9.99. The highest BCUT2D eigenvalue weighted by Gasteiger charge is 2.43. The molecule has 0 aromatic carbocycles. The zero-order chi connectivity index (χ0) is 22.0. The first-order valence-electron chi connectivity index (χ1n) is 7.52. The van der Waals surface area contributed by atoms with Gasteiger partial charge in [0.25, 0.3) is 0 Å².